The highest BCUT2D eigenvalue weighted by Crippen LogP contribution is 2.42. The maximum atomic E-state index is 13.0. The van der Waals surface area contributed by atoms with Crippen molar-refractivity contribution in [2.75, 3.05) is 20.2 Å². The summed E-state index contributed by atoms with van der Waals surface area (Å²) in [7, 11) is 1.66. The zero-order valence-electron chi connectivity index (χ0n) is 17.9. The summed E-state index contributed by atoms with van der Waals surface area (Å²) in [5.41, 5.74) is 7.10. The van der Waals surface area contributed by atoms with E-state index >= 15 is 0 Å². The van der Waals surface area contributed by atoms with Crippen molar-refractivity contribution >= 4 is 11.8 Å². The second-order valence-corrected chi connectivity index (χ2v) is 9.15. The van der Waals surface area contributed by atoms with Crippen LogP contribution < -0.4 is 10.5 Å². The first-order chi connectivity index (χ1) is 14.4. The number of fused-ring (bicyclic) bond motifs is 4. The molecule has 3 aliphatic rings. The number of hydrogen-bond acceptors (Lipinski definition) is 5. The van der Waals surface area contributed by atoms with E-state index in [2.05, 4.69) is 11.0 Å². The van der Waals surface area contributed by atoms with Gasteiger partial charge in [0.2, 0.25) is 11.8 Å². The third kappa shape index (κ3) is 3.93. The fraction of sp³-hybridized carbons (Fsp3) is 0.652. The quantitative estimate of drug-likeness (QED) is 0.753. The van der Waals surface area contributed by atoms with E-state index in [1.807, 2.05) is 23.1 Å². The lowest BCUT2D eigenvalue weighted by Gasteiger charge is -2.57. The number of carbonyl (C=O) groups excluding carboxylic acids is 2. The van der Waals surface area contributed by atoms with Gasteiger partial charge in [-0.15, -0.1) is 0 Å². The van der Waals surface area contributed by atoms with Crippen molar-refractivity contribution in [1.29, 1.82) is 0 Å². The first kappa shape index (κ1) is 21.1. The number of hydrogen-bond donors (Lipinski definition) is 2. The van der Waals surface area contributed by atoms with Crippen LogP contribution in [-0.4, -0.2) is 71.1 Å². The van der Waals surface area contributed by atoms with Crippen LogP contribution in [0.5, 0.6) is 5.75 Å². The van der Waals surface area contributed by atoms with Crippen molar-refractivity contribution in [2.24, 2.45) is 17.6 Å². The molecule has 4 rings (SSSR count). The van der Waals surface area contributed by atoms with E-state index in [1.54, 1.807) is 14.0 Å². The van der Waals surface area contributed by atoms with E-state index in [1.165, 1.54) is 0 Å². The van der Waals surface area contributed by atoms with Crippen molar-refractivity contribution in [3.8, 4) is 5.75 Å². The third-order valence-corrected chi connectivity index (χ3v) is 7.19. The molecule has 0 aliphatic carbocycles. The van der Waals surface area contributed by atoms with E-state index in [0.29, 0.717) is 19.5 Å². The molecule has 1 aromatic carbocycles. The predicted molar refractivity (Wildman–Crippen MR) is 113 cm³/mol. The fourth-order valence-electron chi connectivity index (χ4n) is 5.68. The van der Waals surface area contributed by atoms with Crippen molar-refractivity contribution in [1.82, 2.24) is 9.80 Å². The van der Waals surface area contributed by atoms with E-state index in [4.69, 9.17) is 10.5 Å². The summed E-state index contributed by atoms with van der Waals surface area (Å²) in [6.45, 7) is 2.76. The summed E-state index contributed by atoms with van der Waals surface area (Å²) in [5.74, 6) is 1.36. The average Bonchev–Trinajstić information content (AvgIpc) is 2.75. The standard InChI is InChI=1S/C23H33N3O4/c1-14(27)22(24)23(29)25-12-16-11-17(13-25)20(26-19(16)7-4-8-21(26)28)10-15-5-3-6-18(9-15)30-2/h3,5-6,9,14,16-17,19-20,22,27H,4,7-8,10-13,24H2,1-2H3/t14-,16-,17+,19+,20+,22+/m1/s1. The van der Waals surface area contributed by atoms with Crippen molar-refractivity contribution < 1.29 is 19.4 Å². The molecule has 0 radical (unpaired) electrons. The Morgan fingerprint density at radius 3 is 2.83 bits per heavy atom. The second-order valence-electron chi connectivity index (χ2n) is 9.15. The van der Waals surface area contributed by atoms with Crippen molar-refractivity contribution in [2.45, 2.75) is 63.3 Å². The molecule has 7 nitrogen and oxygen atoms in total. The molecular weight excluding hydrogens is 382 g/mol. The molecule has 3 aliphatic heterocycles. The van der Waals surface area contributed by atoms with Gasteiger partial charge in [0, 0.05) is 31.6 Å². The maximum Gasteiger partial charge on any atom is 0.242 e. The van der Waals surface area contributed by atoms with Crippen LogP contribution in [0.2, 0.25) is 0 Å². The summed E-state index contributed by atoms with van der Waals surface area (Å²) in [4.78, 5) is 29.8. The number of aliphatic hydroxyl groups excluding tert-OH is 1. The van der Waals surface area contributed by atoms with Crippen molar-refractivity contribution in [3.63, 3.8) is 0 Å². The number of amides is 2. The highest BCUT2D eigenvalue weighted by Gasteiger charge is 2.50. The fourth-order valence-corrected chi connectivity index (χ4v) is 5.68. The number of carbonyl (C=O) groups is 2. The summed E-state index contributed by atoms with van der Waals surface area (Å²) < 4.78 is 5.38. The number of ether oxygens (including phenoxy) is 1. The minimum atomic E-state index is -0.898. The molecule has 0 spiro atoms. The molecule has 0 aromatic heterocycles. The smallest absolute Gasteiger partial charge is 0.242 e. The van der Waals surface area contributed by atoms with Crippen LogP contribution in [0.15, 0.2) is 24.3 Å². The summed E-state index contributed by atoms with van der Waals surface area (Å²) in [6.07, 6.45) is 3.41. The topological polar surface area (TPSA) is 96.1 Å². The molecule has 0 saturated carbocycles. The maximum absolute atomic E-state index is 13.0. The van der Waals surface area contributed by atoms with Gasteiger partial charge < -0.3 is 25.4 Å². The average molecular weight is 416 g/mol. The number of benzene rings is 1. The first-order valence-corrected chi connectivity index (χ1v) is 11.1. The SMILES string of the molecule is COc1cccc(C[C@H]2[C@H]3C[C@H](CN(C(=O)[C@@H](N)[C@@H](C)O)C3)[C@@H]3CCCC(=O)N32)c1. The largest absolute Gasteiger partial charge is 0.497 e. The molecule has 7 heteroatoms. The Hall–Kier alpha value is -2.12. The normalized spacial score (nSPS) is 30.5. The van der Waals surface area contributed by atoms with Gasteiger partial charge in [0.15, 0.2) is 0 Å². The Kier molecular flexibility index (Phi) is 6.02. The molecule has 2 bridgehead atoms. The van der Waals surface area contributed by atoms with Gasteiger partial charge in [-0.3, -0.25) is 9.59 Å². The molecule has 1 aromatic rings. The van der Waals surface area contributed by atoms with Gasteiger partial charge in [-0.05, 0) is 62.1 Å². The minimum absolute atomic E-state index is 0.0598. The Morgan fingerprint density at radius 2 is 2.10 bits per heavy atom. The monoisotopic (exact) mass is 415 g/mol. The molecule has 2 amide bonds. The number of methoxy groups -OCH3 is 1. The van der Waals surface area contributed by atoms with E-state index in [-0.39, 0.29) is 35.7 Å². The van der Waals surface area contributed by atoms with Gasteiger partial charge in [-0.1, -0.05) is 12.1 Å². The zero-order valence-corrected chi connectivity index (χ0v) is 17.9. The Bertz CT molecular complexity index is 798. The molecule has 3 heterocycles. The molecule has 30 heavy (non-hydrogen) atoms. The summed E-state index contributed by atoms with van der Waals surface area (Å²) in [5, 5.41) is 9.81. The van der Waals surface area contributed by atoms with E-state index < -0.39 is 12.1 Å². The van der Waals surface area contributed by atoms with Gasteiger partial charge in [-0.2, -0.15) is 0 Å². The molecule has 0 unspecified atom stereocenters. The van der Waals surface area contributed by atoms with Gasteiger partial charge in [0.05, 0.1) is 13.2 Å². The third-order valence-electron chi connectivity index (χ3n) is 7.19. The Balaban J connectivity index is 1.61. The van der Waals surface area contributed by atoms with Crippen LogP contribution in [0.25, 0.3) is 0 Å². The van der Waals surface area contributed by atoms with E-state index in [0.717, 1.165) is 37.0 Å². The van der Waals surface area contributed by atoms with E-state index in [9.17, 15) is 14.7 Å². The predicted octanol–water partition coefficient (Wildman–Crippen LogP) is 1.17. The number of aliphatic hydroxyl groups is 1. The van der Waals surface area contributed by atoms with Crippen LogP contribution >= 0.6 is 0 Å². The van der Waals surface area contributed by atoms with Crippen LogP contribution in [0.3, 0.4) is 0 Å². The number of nitrogens with zero attached hydrogens (tertiary/aromatic N) is 2. The highest BCUT2D eigenvalue weighted by molar-refractivity contribution is 5.82. The van der Waals surface area contributed by atoms with Crippen LogP contribution in [0.1, 0.15) is 38.2 Å². The molecule has 3 saturated heterocycles. The number of rotatable bonds is 5. The van der Waals surface area contributed by atoms with Crippen LogP contribution in [0.4, 0.5) is 0 Å². The molecule has 3 fully saturated rings. The number of nitrogens with two attached hydrogens (primary N) is 1. The first-order valence-electron chi connectivity index (χ1n) is 11.1. The van der Waals surface area contributed by atoms with Gasteiger partial charge in [0.25, 0.3) is 0 Å². The van der Waals surface area contributed by atoms with Crippen LogP contribution in [0, 0.1) is 11.8 Å². The second kappa shape index (κ2) is 8.55. The lowest BCUT2D eigenvalue weighted by Crippen LogP contribution is -2.67. The summed E-state index contributed by atoms with van der Waals surface area (Å²) >= 11 is 0. The zero-order chi connectivity index (χ0) is 21.4. The lowest BCUT2D eigenvalue weighted by atomic mass is 9.70. The molecule has 164 valence electrons. The highest BCUT2D eigenvalue weighted by atomic mass is 16.5. The molecule has 3 N–H and O–H groups in total. The van der Waals surface area contributed by atoms with Gasteiger partial charge in [0.1, 0.15) is 11.8 Å². The van der Waals surface area contributed by atoms with Crippen molar-refractivity contribution in [3.05, 3.63) is 29.8 Å². The van der Waals surface area contributed by atoms with Crippen LogP contribution in [-0.2, 0) is 16.0 Å². The Morgan fingerprint density at radius 1 is 1.33 bits per heavy atom. The number of piperidine rings is 3. The van der Waals surface area contributed by atoms with Gasteiger partial charge >= 0.3 is 0 Å². The summed E-state index contributed by atoms with van der Waals surface area (Å²) in [6, 6.07) is 7.35. The van der Waals surface area contributed by atoms with Gasteiger partial charge in [-0.25, -0.2) is 0 Å². The number of likely N-dealkylation sites (tertiary alicyclic amines) is 1. The lowest BCUT2D eigenvalue weighted by molar-refractivity contribution is -0.157. The minimum Gasteiger partial charge on any atom is -0.497 e. The molecular formula is C23H33N3O4. The Labute approximate surface area is 178 Å². The molecule has 6 atom stereocenters.